The van der Waals surface area contributed by atoms with E-state index in [4.69, 9.17) is 9.84 Å². The van der Waals surface area contributed by atoms with E-state index in [1.165, 1.54) is 25.0 Å². The molecule has 0 radical (unpaired) electrons. The number of benzene rings is 1. The third-order valence-electron chi connectivity index (χ3n) is 3.49. The highest BCUT2D eigenvalue weighted by Gasteiger charge is 2.19. The zero-order valence-electron chi connectivity index (χ0n) is 12.8. The van der Waals surface area contributed by atoms with Crippen molar-refractivity contribution < 1.29 is 19.4 Å². The summed E-state index contributed by atoms with van der Waals surface area (Å²) in [5.74, 6) is -1.66. The molecule has 0 fully saturated rings. The maximum atomic E-state index is 12.1. The van der Waals surface area contributed by atoms with Crippen molar-refractivity contribution in [2.75, 3.05) is 0 Å². The molecule has 4 nitrogen and oxygen atoms in total. The number of ether oxygens (including phenoxy) is 1. The summed E-state index contributed by atoms with van der Waals surface area (Å²) in [6.07, 6.45) is 5.95. The van der Waals surface area contributed by atoms with E-state index < -0.39 is 11.9 Å². The fourth-order valence-electron chi connectivity index (χ4n) is 2.21. The molecule has 0 bridgehead atoms. The molecule has 0 amide bonds. The summed E-state index contributed by atoms with van der Waals surface area (Å²) < 4.78 is 5.45. The Hall–Kier alpha value is -1.84. The Labute approximate surface area is 126 Å². The number of esters is 1. The molecular weight excluding hydrogens is 268 g/mol. The van der Waals surface area contributed by atoms with E-state index in [2.05, 4.69) is 6.92 Å². The third-order valence-corrected chi connectivity index (χ3v) is 3.49. The summed E-state index contributed by atoms with van der Waals surface area (Å²) >= 11 is 0. The van der Waals surface area contributed by atoms with Gasteiger partial charge in [-0.15, -0.1) is 0 Å². The molecule has 4 heteroatoms. The molecule has 0 aliphatic rings. The van der Waals surface area contributed by atoms with E-state index >= 15 is 0 Å². The second kappa shape index (κ2) is 9.16. The minimum atomic E-state index is -1.11. The first-order valence-electron chi connectivity index (χ1n) is 7.63. The fourth-order valence-corrected chi connectivity index (χ4v) is 2.21. The van der Waals surface area contributed by atoms with Crippen LogP contribution in [0.25, 0.3) is 0 Å². The molecule has 1 aromatic rings. The van der Waals surface area contributed by atoms with Gasteiger partial charge in [-0.05, 0) is 31.4 Å². The highest BCUT2D eigenvalue weighted by Crippen LogP contribution is 2.16. The Kier molecular flexibility index (Phi) is 7.51. The summed E-state index contributed by atoms with van der Waals surface area (Å²) in [6.45, 7) is 4.13. The van der Waals surface area contributed by atoms with Crippen molar-refractivity contribution in [2.45, 2.75) is 58.5 Å². The first-order valence-corrected chi connectivity index (χ1v) is 7.63. The molecule has 1 N–H and O–H groups in total. The quantitative estimate of drug-likeness (QED) is 0.544. The average Bonchev–Trinajstić information content (AvgIpc) is 2.50. The number of aromatic carboxylic acids is 1. The Bertz CT molecular complexity index is 468. The number of carbonyl (C=O) groups is 2. The van der Waals surface area contributed by atoms with Crippen LogP contribution in [0.4, 0.5) is 0 Å². The number of hydrogen-bond donors (Lipinski definition) is 1. The number of carboxylic acid groups (broad SMARTS) is 1. The number of unbranched alkanes of at least 4 members (excludes halogenated alkanes) is 3. The third kappa shape index (κ3) is 5.58. The maximum absolute atomic E-state index is 12.1. The van der Waals surface area contributed by atoms with Crippen molar-refractivity contribution >= 4 is 11.9 Å². The Morgan fingerprint density at radius 2 is 1.76 bits per heavy atom. The summed E-state index contributed by atoms with van der Waals surface area (Å²) in [6, 6.07) is 6.16. The molecule has 116 valence electrons. The van der Waals surface area contributed by atoms with Crippen molar-refractivity contribution in [3.05, 3.63) is 35.4 Å². The summed E-state index contributed by atoms with van der Waals surface area (Å²) in [4.78, 5) is 23.3. The second-order valence-corrected chi connectivity index (χ2v) is 5.14. The summed E-state index contributed by atoms with van der Waals surface area (Å²) in [5, 5.41) is 9.10. The highest BCUT2D eigenvalue weighted by atomic mass is 16.5. The number of carbonyl (C=O) groups excluding carboxylic acids is 1. The molecule has 21 heavy (non-hydrogen) atoms. The first kappa shape index (κ1) is 17.2. The van der Waals surface area contributed by atoms with Crippen LogP contribution in [-0.4, -0.2) is 23.1 Å². The molecule has 0 saturated heterocycles. The van der Waals surface area contributed by atoms with Gasteiger partial charge in [-0.1, -0.05) is 45.2 Å². The lowest BCUT2D eigenvalue weighted by molar-refractivity contribution is 0.0262. The highest BCUT2D eigenvalue weighted by molar-refractivity contribution is 6.02. The lowest BCUT2D eigenvalue weighted by Gasteiger charge is -2.16. The zero-order chi connectivity index (χ0) is 15.7. The maximum Gasteiger partial charge on any atom is 0.339 e. The van der Waals surface area contributed by atoms with Crippen LogP contribution in [0.2, 0.25) is 0 Å². The van der Waals surface area contributed by atoms with Crippen LogP contribution >= 0.6 is 0 Å². The van der Waals surface area contributed by atoms with Crippen LogP contribution in [-0.2, 0) is 4.74 Å². The monoisotopic (exact) mass is 292 g/mol. The van der Waals surface area contributed by atoms with E-state index in [9.17, 15) is 9.59 Å². The van der Waals surface area contributed by atoms with Crippen LogP contribution in [0.1, 0.15) is 73.1 Å². The molecule has 0 aliphatic carbocycles. The predicted octanol–water partition coefficient (Wildman–Crippen LogP) is 4.29. The topological polar surface area (TPSA) is 63.6 Å². The van der Waals surface area contributed by atoms with Crippen LogP contribution in [0.15, 0.2) is 24.3 Å². The van der Waals surface area contributed by atoms with Crippen LogP contribution < -0.4 is 0 Å². The molecule has 0 aromatic heterocycles. The molecule has 0 aliphatic heterocycles. The Morgan fingerprint density at radius 3 is 2.33 bits per heavy atom. The fraction of sp³-hybridized carbons (Fsp3) is 0.529. The van der Waals surface area contributed by atoms with Gasteiger partial charge in [-0.3, -0.25) is 0 Å². The van der Waals surface area contributed by atoms with Gasteiger partial charge in [0, 0.05) is 0 Å². The van der Waals surface area contributed by atoms with Crippen molar-refractivity contribution in [3.63, 3.8) is 0 Å². The SMILES string of the molecule is CCCCCC[C@H](CC)OC(=O)c1ccccc1C(=O)O. The number of hydrogen-bond acceptors (Lipinski definition) is 3. The lowest BCUT2D eigenvalue weighted by Crippen LogP contribution is -2.19. The van der Waals surface area contributed by atoms with Gasteiger partial charge in [-0.2, -0.15) is 0 Å². The minimum Gasteiger partial charge on any atom is -0.478 e. The van der Waals surface area contributed by atoms with Crippen molar-refractivity contribution in [1.82, 2.24) is 0 Å². The van der Waals surface area contributed by atoms with Gasteiger partial charge in [0.05, 0.1) is 11.1 Å². The smallest absolute Gasteiger partial charge is 0.339 e. The van der Waals surface area contributed by atoms with Crippen molar-refractivity contribution in [3.8, 4) is 0 Å². The second-order valence-electron chi connectivity index (χ2n) is 5.14. The molecule has 0 unspecified atom stereocenters. The summed E-state index contributed by atoms with van der Waals surface area (Å²) in [5.41, 5.74) is 0.111. The van der Waals surface area contributed by atoms with Crippen LogP contribution in [0.3, 0.4) is 0 Å². The molecule has 1 aromatic carbocycles. The minimum absolute atomic E-state index is 0.0108. The van der Waals surface area contributed by atoms with Gasteiger partial charge in [0.2, 0.25) is 0 Å². The van der Waals surface area contributed by atoms with Gasteiger partial charge in [0.1, 0.15) is 6.10 Å². The zero-order valence-corrected chi connectivity index (χ0v) is 12.8. The molecule has 1 atom stereocenters. The van der Waals surface area contributed by atoms with Gasteiger partial charge in [-0.25, -0.2) is 9.59 Å². The number of carboxylic acids is 1. The van der Waals surface area contributed by atoms with Gasteiger partial charge in [0.15, 0.2) is 0 Å². The predicted molar refractivity (Wildman–Crippen MR) is 81.7 cm³/mol. The molecular formula is C17H24O4. The largest absolute Gasteiger partial charge is 0.478 e. The lowest BCUT2D eigenvalue weighted by atomic mass is 10.1. The Balaban J connectivity index is 2.64. The van der Waals surface area contributed by atoms with Crippen molar-refractivity contribution in [2.24, 2.45) is 0 Å². The van der Waals surface area contributed by atoms with Crippen LogP contribution in [0.5, 0.6) is 0 Å². The van der Waals surface area contributed by atoms with Gasteiger partial charge in [0.25, 0.3) is 0 Å². The normalized spacial score (nSPS) is 11.9. The van der Waals surface area contributed by atoms with E-state index in [1.807, 2.05) is 6.92 Å². The van der Waals surface area contributed by atoms with E-state index in [0.29, 0.717) is 0 Å². The molecule has 0 saturated carbocycles. The van der Waals surface area contributed by atoms with E-state index in [1.54, 1.807) is 12.1 Å². The first-order chi connectivity index (χ1) is 10.1. The molecule has 0 spiro atoms. The molecule has 1 rings (SSSR count). The van der Waals surface area contributed by atoms with Gasteiger partial charge >= 0.3 is 11.9 Å². The molecule has 0 heterocycles. The van der Waals surface area contributed by atoms with Crippen molar-refractivity contribution in [1.29, 1.82) is 0 Å². The summed E-state index contributed by atoms with van der Waals surface area (Å²) in [7, 11) is 0. The van der Waals surface area contributed by atoms with Gasteiger partial charge < -0.3 is 9.84 Å². The average molecular weight is 292 g/mol. The van der Waals surface area contributed by atoms with E-state index in [-0.39, 0.29) is 17.2 Å². The standard InChI is InChI=1S/C17H24O4/c1-3-5-6-7-10-13(4-2)21-17(20)15-12-9-8-11-14(15)16(18)19/h8-9,11-13H,3-7,10H2,1-2H3,(H,18,19)/t13-/m0/s1. The van der Waals surface area contributed by atoms with E-state index in [0.717, 1.165) is 25.7 Å². The number of rotatable bonds is 9. The Morgan fingerprint density at radius 1 is 1.10 bits per heavy atom. The van der Waals surface area contributed by atoms with Crippen LogP contribution in [0, 0.1) is 0 Å².